The lowest BCUT2D eigenvalue weighted by molar-refractivity contribution is 0.0691. The van der Waals surface area contributed by atoms with Crippen LogP contribution in [0.5, 0.6) is 0 Å². The van der Waals surface area contributed by atoms with Crippen LogP contribution in [0, 0.1) is 19.7 Å². The van der Waals surface area contributed by atoms with Gasteiger partial charge >= 0.3 is 5.97 Å². The van der Waals surface area contributed by atoms with Gasteiger partial charge in [0.1, 0.15) is 4.90 Å². The highest BCUT2D eigenvalue weighted by Crippen LogP contribution is 2.24. The molecule has 2 aromatic rings. The van der Waals surface area contributed by atoms with E-state index >= 15 is 0 Å². The Bertz CT molecular complexity index is 950. The van der Waals surface area contributed by atoms with Gasteiger partial charge in [0, 0.05) is 12.3 Å². The van der Waals surface area contributed by atoms with E-state index in [-0.39, 0.29) is 11.3 Å². The SMILES string of the molecule is Cc1cc(C(=O)O)c(F)c(S(=O)(=O)Nc2c[nH]c(=O)cc2C)c1. The molecule has 0 radical (unpaired) electrons. The lowest BCUT2D eigenvalue weighted by Gasteiger charge is -2.12. The molecule has 3 N–H and O–H groups in total. The molecule has 0 atom stereocenters. The molecule has 0 aliphatic carbocycles. The average molecular weight is 340 g/mol. The Morgan fingerprint density at radius 3 is 2.48 bits per heavy atom. The minimum absolute atomic E-state index is 0.0578. The summed E-state index contributed by atoms with van der Waals surface area (Å²) in [6.45, 7) is 2.96. The molecule has 2 rings (SSSR count). The summed E-state index contributed by atoms with van der Waals surface area (Å²) >= 11 is 0. The number of carboxylic acid groups (broad SMARTS) is 1. The van der Waals surface area contributed by atoms with Crippen molar-refractivity contribution in [3.63, 3.8) is 0 Å². The molecule has 0 amide bonds. The molecule has 7 nitrogen and oxygen atoms in total. The van der Waals surface area contributed by atoms with Gasteiger partial charge in [-0.15, -0.1) is 0 Å². The van der Waals surface area contributed by atoms with E-state index in [1.165, 1.54) is 19.9 Å². The van der Waals surface area contributed by atoms with Gasteiger partial charge in [-0.1, -0.05) is 0 Å². The number of aromatic amines is 1. The molecule has 0 spiro atoms. The lowest BCUT2D eigenvalue weighted by Crippen LogP contribution is -2.18. The molecule has 0 unspecified atom stereocenters. The number of benzene rings is 1. The molecular weight excluding hydrogens is 327 g/mol. The number of aryl methyl sites for hydroxylation is 2. The molecule has 0 aliphatic rings. The quantitative estimate of drug-likeness (QED) is 0.782. The van der Waals surface area contributed by atoms with Crippen LogP contribution < -0.4 is 10.3 Å². The minimum atomic E-state index is -4.37. The number of carboxylic acids is 1. The Kier molecular flexibility index (Phi) is 4.24. The van der Waals surface area contributed by atoms with Crippen molar-refractivity contribution < 1.29 is 22.7 Å². The first kappa shape index (κ1) is 16.7. The fourth-order valence-corrected chi connectivity index (χ4v) is 3.28. The highest BCUT2D eigenvalue weighted by Gasteiger charge is 2.25. The number of hydrogen-bond acceptors (Lipinski definition) is 4. The number of pyridine rings is 1. The molecular formula is C14H13FN2O5S. The van der Waals surface area contributed by atoms with Gasteiger partial charge in [0.05, 0.1) is 11.3 Å². The van der Waals surface area contributed by atoms with Crippen LogP contribution in [-0.4, -0.2) is 24.5 Å². The molecule has 9 heteroatoms. The first-order valence-electron chi connectivity index (χ1n) is 6.37. The number of hydrogen-bond donors (Lipinski definition) is 3. The monoisotopic (exact) mass is 340 g/mol. The summed E-state index contributed by atoms with van der Waals surface area (Å²) in [6, 6.07) is 3.25. The van der Waals surface area contributed by atoms with Crippen molar-refractivity contribution in [1.82, 2.24) is 4.98 Å². The second-order valence-corrected chi connectivity index (χ2v) is 6.58. The van der Waals surface area contributed by atoms with E-state index < -0.39 is 37.8 Å². The topological polar surface area (TPSA) is 116 Å². The van der Waals surface area contributed by atoms with Crippen LogP contribution in [0.2, 0.25) is 0 Å². The molecule has 1 aromatic heterocycles. The van der Waals surface area contributed by atoms with E-state index in [0.29, 0.717) is 5.56 Å². The zero-order chi connectivity index (χ0) is 17.4. The summed E-state index contributed by atoms with van der Waals surface area (Å²) in [5.74, 6) is -2.92. The van der Waals surface area contributed by atoms with Gasteiger partial charge < -0.3 is 10.1 Å². The largest absolute Gasteiger partial charge is 0.478 e. The van der Waals surface area contributed by atoms with Gasteiger partial charge in [-0.25, -0.2) is 17.6 Å². The summed E-state index contributed by atoms with van der Waals surface area (Å²) in [5.41, 5.74) is -0.475. The third-order valence-corrected chi connectivity index (χ3v) is 4.44. The van der Waals surface area contributed by atoms with E-state index in [1.807, 2.05) is 0 Å². The number of halogens is 1. The smallest absolute Gasteiger partial charge is 0.338 e. The first-order chi connectivity index (χ1) is 10.6. The highest BCUT2D eigenvalue weighted by atomic mass is 32.2. The van der Waals surface area contributed by atoms with Crippen molar-refractivity contribution in [2.24, 2.45) is 0 Å². The van der Waals surface area contributed by atoms with Crippen LogP contribution in [0.15, 0.2) is 34.1 Å². The Morgan fingerprint density at radius 2 is 1.91 bits per heavy atom. The second-order valence-electron chi connectivity index (χ2n) is 4.93. The fraction of sp³-hybridized carbons (Fsp3) is 0.143. The molecule has 0 fully saturated rings. The first-order valence-corrected chi connectivity index (χ1v) is 7.85. The molecule has 0 saturated carbocycles. The van der Waals surface area contributed by atoms with Crippen molar-refractivity contribution >= 4 is 21.7 Å². The molecule has 1 aromatic carbocycles. The lowest BCUT2D eigenvalue weighted by atomic mass is 10.1. The van der Waals surface area contributed by atoms with Gasteiger partial charge in [0.25, 0.3) is 10.0 Å². The average Bonchev–Trinajstić information content (AvgIpc) is 2.43. The molecule has 0 aliphatic heterocycles. The minimum Gasteiger partial charge on any atom is -0.478 e. The van der Waals surface area contributed by atoms with Gasteiger partial charge in [-0.2, -0.15) is 0 Å². The second kappa shape index (κ2) is 5.84. The third-order valence-electron chi connectivity index (χ3n) is 3.08. The van der Waals surface area contributed by atoms with Crippen molar-refractivity contribution in [3.8, 4) is 0 Å². The maximum atomic E-state index is 14.2. The van der Waals surface area contributed by atoms with Crippen LogP contribution in [-0.2, 0) is 10.0 Å². The van der Waals surface area contributed by atoms with Crippen LogP contribution in [0.25, 0.3) is 0 Å². The molecule has 122 valence electrons. The zero-order valence-corrected chi connectivity index (χ0v) is 13.0. The Balaban J connectivity index is 2.56. The predicted molar refractivity (Wildman–Crippen MR) is 80.7 cm³/mol. The van der Waals surface area contributed by atoms with Crippen molar-refractivity contribution in [1.29, 1.82) is 0 Å². The standard InChI is InChI=1S/C14H13FN2O5S/c1-7-3-9(14(19)20)13(15)11(4-7)23(21,22)17-10-6-16-12(18)5-8(10)2/h3-6,17H,1-2H3,(H,16,18)(H,19,20). The maximum absolute atomic E-state index is 14.2. The summed E-state index contributed by atoms with van der Waals surface area (Å²) in [7, 11) is -4.37. The van der Waals surface area contributed by atoms with Gasteiger partial charge in [-0.3, -0.25) is 9.52 Å². The molecule has 1 heterocycles. The summed E-state index contributed by atoms with van der Waals surface area (Å²) in [6.07, 6.45) is 1.14. The van der Waals surface area contributed by atoms with E-state index in [2.05, 4.69) is 9.71 Å². The van der Waals surface area contributed by atoms with Crippen molar-refractivity contribution in [2.75, 3.05) is 4.72 Å². The number of sulfonamides is 1. The number of carbonyl (C=O) groups is 1. The van der Waals surface area contributed by atoms with Gasteiger partial charge in [-0.05, 0) is 37.1 Å². The molecule has 0 saturated heterocycles. The van der Waals surface area contributed by atoms with E-state index in [4.69, 9.17) is 5.11 Å². The number of aromatic nitrogens is 1. The number of rotatable bonds is 4. The Labute approximate surface area is 130 Å². The van der Waals surface area contributed by atoms with Crippen LogP contribution in [0.4, 0.5) is 10.1 Å². The Morgan fingerprint density at radius 1 is 1.26 bits per heavy atom. The van der Waals surface area contributed by atoms with Crippen molar-refractivity contribution in [2.45, 2.75) is 18.7 Å². The number of anilines is 1. The van der Waals surface area contributed by atoms with Crippen LogP contribution in [0.1, 0.15) is 21.5 Å². The summed E-state index contributed by atoms with van der Waals surface area (Å²) in [4.78, 5) is 23.7. The predicted octanol–water partition coefficient (Wildman–Crippen LogP) is 1.63. The highest BCUT2D eigenvalue weighted by molar-refractivity contribution is 7.92. The fourth-order valence-electron chi connectivity index (χ4n) is 1.97. The normalized spacial score (nSPS) is 11.3. The third kappa shape index (κ3) is 3.39. The number of nitrogens with one attached hydrogen (secondary N) is 2. The molecule has 0 bridgehead atoms. The number of aromatic carboxylic acids is 1. The number of H-pyrrole nitrogens is 1. The maximum Gasteiger partial charge on any atom is 0.338 e. The van der Waals surface area contributed by atoms with Gasteiger partial charge in [0.15, 0.2) is 5.82 Å². The summed E-state index contributed by atoms with van der Waals surface area (Å²) in [5, 5.41) is 8.95. The zero-order valence-electron chi connectivity index (χ0n) is 12.2. The van der Waals surface area contributed by atoms with Gasteiger partial charge in [0.2, 0.25) is 5.56 Å². The van der Waals surface area contributed by atoms with E-state index in [0.717, 1.165) is 18.3 Å². The molecule has 23 heavy (non-hydrogen) atoms. The van der Waals surface area contributed by atoms with E-state index in [1.54, 1.807) is 0 Å². The Hall–Kier alpha value is -2.68. The van der Waals surface area contributed by atoms with Crippen molar-refractivity contribution in [3.05, 3.63) is 57.3 Å². The van der Waals surface area contributed by atoms with Crippen LogP contribution >= 0.6 is 0 Å². The van der Waals surface area contributed by atoms with Crippen LogP contribution in [0.3, 0.4) is 0 Å². The summed E-state index contributed by atoms with van der Waals surface area (Å²) < 4.78 is 41.0. The van der Waals surface area contributed by atoms with E-state index in [9.17, 15) is 22.4 Å².